The Hall–Kier alpha value is -3.85. The maximum Gasteiger partial charge on any atom is 0.266 e. The number of rotatable bonds is 5. The molecule has 32 heavy (non-hydrogen) atoms. The molecule has 0 spiro atoms. The van der Waals surface area contributed by atoms with Gasteiger partial charge in [-0.2, -0.15) is 0 Å². The highest BCUT2D eigenvalue weighted by atomic mass is 35.5. The number of aromatic nitrogens is 3. The molecule has 0 radical (unpaired) electrons. The third-order valence-electron chi connectivity index (χ3n) is 5.00. The van der Waals surface area contributed by atoms with Crippen molar-refractivity contribution in [2.45, 2.75) is 13.0 Å². The number of carbonyl (C=O) groups excluding carboxylic acids is 1. The fourth-order valence-electron chi connectivity index (χ4n) is 3.44. The molecule has 3 heterocycles. The Bertz CT molecular complexity index is 1380. The van der Waals surface area contributed by atoms with Gasteiger partial charge in [0.05, 0.1) is 5.02 Å². The van der Waals surface area contributed by atoms with Gasteiger partial charge in [-0.25, -0.2) is 4.98 Å². The van der Waals surface area contributed by atoms with E-state index in [1.807, 2.05) is 0 Å². The van der Waals surface area contributed by atoms with Gasteiger partial charge in [0.25, 0.3) is 11.3 Å². The van der Waals surface area contributed by atoms with Gasteiger partial charge in [-0.15, -0.1) is 0 Å². The molecule has 1 N–H and O–H groups in total. The van der Waals surface area contributed by atoms with Gasteiger partial charge < -0.3 is 19.3 Å². The Morgan fingerprint density at radius 3 is 2.78 bits per heavy atom. The van der Waals surface area contributed by atoms with E-state index < -0.39 is 0 Å². The average Bonchev–Trinajstić information content (AvgIpc) is 3.24. The van der Waals surface area contributed by atoms with Crippen molar-refractivity contribution in [2.24, 2.45) is 0 Å². The van der Waals surface area contributed by atoms with Crippen molar-refractivity contribution >= 4 is 34.3 Å². The van der Waals surface area contributed by atoms with Crippen LogP contribution in [0.2, 0.25) is 5.02 Å². The zero-order valence-electron chi connectivity index (χ0n) is 16.7. The van der Waals surface area contributed by atoms with Gasteiger partial charge in [-0.1, -0.05) is 35.0 Å². The van der Waals surface area contributed by atoms with Gasteiger partial charge in [0.2, 0.25) is 5.91 Å². The molecule has 1 amide bonds. The van der Waals surface area contributed by atoms with Crippen molar-refractivity contribution in [3.63, 3.8) is 0 Å². The highest BCUT2D eigenvalue weighted by molar-refractivity contribution is 6.33. The summed E-state index contributed by atoms with van der Waals surface area (Å²) in [4.78, 5) is 29.6. The van der Waals surface area contributed by atoms with Crippen LogP contribution in [0.15, 0.2) is 58.1 Å². The number of amides is 1. The summed E-state index contributed by atoms with van der Waals surface area (Å²) in [5, 5.41) is 7.43. The number of anilines is 1. The molecule has 0 fully saturated rings. The van der Waals surface area contributed by atoms with Crippen LogP contribution in [0.25, 0.3) is 22.4 Å². The van der Waals surface area contributed by atoms with Crippen LogP contribution in [0.1, 0.15) is 6.42 Å². The van der Waals surface area contributed by atoms with Crippen LogP contribution in [0, 0.1) is 0 Å². The molecular weight excluding hydrogens is 436 g/mol. The third-order valence-corrected chi connectivity index (χ3v) is 5.33. The van der Waals surface area contributed by atoms with Crippen molar-refractivity contribution in [2.75, 3.05) is 18.5 Å². The molecule has 5 rings (SSSR count). The molecule has 0 bridgehead atoms. The number of hydrogen-bond acceptors (Lipinski definition) is 7. The Morgan fingerprint density at radius 2 is 1.94 bits per heavy atom. The normalized spacial score (nSPS) is 12.7. The van der Waals surface area contributed by atoms with Crippen molar-refractivity contribution in [3.8, 4) is 22.8 Å². The Kier molecular flexibility index (Phi) is 5.24. The average molecular weight is 453 g/mol. The SMILES string of the molecule is O=C(CCn1cnc2onc(-c3ccccc3Cl)c2c1=O)Nc1ccc2c(c1)OCCO2. The van der Waals surface area contributed by atoms with Crippen LogP contribution in [-0.4, -0.2) is 33.8 Å². The van der Waals surface area contributed by atoms with Gasteiger partial charge >= 0.3 is 0 Å². The van der Waals surface area contributed by atoms with Crippen molar-refractivity contribution in [3.05, 3.63) is 64.2 Å². The topological polar surface area (TPSA) is 108 Å². The van der Waals surface area contributed by atoms with E-state index in [0.29, 0.717) is 46.7 Å². The zero-order chi connectivity index (χ0) is 22.1. The smallest absolute Gasteiger partial charge is 0.266 e. The maximum atomic E-state index is 13.0. The van der Waals surface area contributed by atoms with E-state index in [4.69, 9.17) is 25.6 Å². The van der Waals surface area contributed by atoms with Crippen LogP contribution >= 0.6 is 11.6 Å². The lowest BCUT2D eigenvalue weighted by Crippen LogP contribution is -2.23. The number of ether oxygens (including phenoxy) is 2. The number of carbonyl (C=O) groups is 1. The molecule has 4 aromatic rings. The summed E-state index contributed by atoms with van der Waals surface area (Å²) >= 11 is 6.25. The predicted octanol–water partition coefficient (Wildman–Crippen LogP) is 3.50. The lowest BCUT2D eigenvalue weighted by molar-refractivity contribution is -0.116. The molecule has 10 heteroatoms. The Balaban J connectivity index is 1.34. The summed E-state index contributed by atoms with van der Waals surface area (Å²) in [7, 11) is 0. The highest BCUT2D eigenvalue weighted by Gasteiger charge is 2.19. The van der Waals surface area contributed by atoms with Gasteiger partial charge in [0, 0.05) is 30.3 Å². The van der Waals surface area contributed by atoms with Crippen molar-refractivity contribution in [1.82, 2.24) is 14.7 Å². The van der Waals surface area contributed by atoms with Gasteiger partial charge in [0.15, 0.2) is 11.5 Å². The summed E-state index contributed by atoms with van der Waals surface area (Å²) in [6.07, 6.45) is 1.40. The molecule has 1 aliphatic heterocycles. The summed E-state index contributed by atoms with van der Waals surface area (Å²) < 4.78 is 17.6. The predicted molar refractivity (Wildman–Crippen MR) is 117 cm³/mol. The first-order valence-corrected chi connectivity index (χ1v) is 10.3. The number of benzene rings is 2. The lowest BCUT2D eigenvalue weighted by atomic mass is 10.1. The molecule has 9 nitrogen and oxygen atoms in total. The minimum absolute atomic E-state index is 0.0637. The highest BCUT2D eigenvalue weighted by Crippen LogP contribution is 2.33. The third kappa shape index (κ3) is 3.78. The van der Waals surface area contributed by atoms with Crippen molar-refractivity contribution < 1.29 is 18.8 Å². The second kappa shape index (κ2) is 8.35. The largest absolute Gasteiger partial charge is 0.486 e. The van der Waals surface area contributed by atoms with E-state index >= 15 is 0 Å². The number of fused-ring (bicyclic) bond motifs is 2. The van der Waals surface area contributed by atoms with Crippen LogP contribution < -0.4 is 20.3 Å². The van der Waals surface area contributed by atoms with E-state index in [2.05, 4.69) is 15.5 Å². The summed E-state index contributed by atoms with van der Waals surface area (Å²) in [5.41, 5.74) is 1.22. The van der Waals surface area contributed by atoms with E-state index in [0.717, 1.165) is 0 Å². The second-order valence-electron chi connectivity index (χ2n) is 7.09. The molecule has 2 aromatic heterocycles. The van der Waals surface area contributed by atoms with Gasteiger partial charge in [0.1, 0.15) is 30.6 Å². The molecule has 0 atom stereocenters. The van der Waals surface area contributed by atoms with Gasteiger partial charge in [-0.3, -0.25) is 14.2 Å². The summed E-state index contributed by atoms with van der Waals surface area (Å²) in [5.74, 6) is 0.966. The van der Waals surface area contributed by atoms with Crippen molar-refractivity contribution in [1.29, 1.82) is 0 Å². The van der Waals surface area contributed by atoms with E-state index in [-0.39, 0.29) is 35.5 Å². The molecule has 162 valence electrons. The van der Waals surface area contributed by atoms with Crippen LogP contribution in [0.5, 0.6) is 11.5 Å². The molecule has 0 aliphatic carbocycles. The first-order valence-electron chi connectivity index (χ1n) is 9.89. The molecule has 2 aromatic carbocycles. The standard InChI is InChI=1S/C22H17ClN4O5/c23-15-4-2-1-3-14(15)20-19-21(32-26-20)24-12-27(22(19)29)8-7-18(28)25-13-5-6-16-17(11-13)31-10-9-30-16/h1-6,11-12H,7-10H2,(H,25,28). The number of halogens is 1. The Morgan fingerprint density at radius 1 is 1.12 bits per heavy atom. The number of nitrogens with zero attached hydrogens (tertiary/aromatic N) is 3. The van der Waals surface area contributed by atoms with Crippen LogP contribution in [-0.2, 0) is 11.3 Å². The maximum absolute atomic E-state index is 13.0. The second-order valence-corrected chi connectivity index (χ2v) is 7.50. The minimum Gasteiger partial charge on any atom is -0.486 e. The Labute approximate surface area is 186 Å². The number of hydrogen-bond donors (Lipinski definition) is 1. The molecule has 0 unspecified atom stereocenters. The zero-order valence-corrected chi connectivity index (χ0v) is 17.5. The molecule has 1 aliphatic rings. The molecule has 0 saturated heterocycles. The first-order chi connectivity index (χ1) is 15.6. The van der Waals surface area contributed by atoms with Crippen LogP contribution in [0.3, 0.4) is 0 Å². The fourth-order valence-corrected chi connectivity index (χ4v) is 3.67. The van der Waals surface area contributed by atoms with E-state index in [1.54, 1.807) is 42.5 Å². The molecular formula is C22H17ClN4O5. The molecule has 0 saturated carbocycles. The quantitative estimate of drug-likeness (QED) is 0.493. The first kappa shape index (κ1) is 20.1. The number of aryl methyl sites for hydroxylation is 1. The minimum atomic E-state index is -0.363. The summed E-state index contributed by atoms with van der Waals surface area (Å²) in [6, 6.07) is 12.2. The fraction of sp³-hybridized carbons (Fsp3) is 0.182. The van der Waals surface area contributed by atoms with Crippen LogP contribution in [0.4, 0.5) is 5.69 Å². The number of nitrogens with one attached hydrogen (secondary N) is 1. The summed E-state index contributed by atoms with van der Waals surface area (Å²) in [6.45, 7) is 1.09. The van der Waals surface area contributed by atoms with E-state index in [1.165, 1.54) is 10.9 Å². The van der Waals surface area contributed by atoms with Gasteiger partial charge in [-0.05, 0) is 18.2 Å². The lowest BCUT2D eigenvalue weighted by Gasteiger charge is -2.19. The van der Waals surface area contributed by atoms with E-state index in [9.17, 15) is 9.59 Å². The monoisotopic (exact) mass is 452 g/mol.